The van der Waals surface area contributed by atoms with Crippen molar-refractivity contribution in [1.29, 1.82) is 0 Å². The van der Waals surface area contributed by atoms with Gasteiger partial charge in [-0.2, -0.15) is 0 Å². The molecule has 0 bridgehead atoms. The molecule has 1 aliphatic rings. The van der Waals surface area contributed by atoms with E-state index in [1.807, 2.05) is 0 Å². The quantitative estimate of drug-likeness (QED) is 0.636. The van der Waals surface area contributed by atoms with Crippen LogP contribution in [0, 0.1) is 11.6 Å². The third kappa shape index (κ3) is 1.79. The van der Waals surface area contributed by atoms with Crippen molar-refractivity contribution >= 4 is 0 Å². The summed E-state index contributed by atoms with van der Waals surface area (Å²) in [5, 5.41) is 0. The van der Waals surface area contributed by atoms with E-state index in [0.29, 0.717) is 5.56 Å². The van der Waals surface area contributed by atoms with Gasteiger partial charge in [-0.25, -0.2) is 8.78 Å². The summed E-state index contributed by atoms with van der Waals surface area (Å²) >= 11 is 0. The number of halogens is 2. The molecule has 1 saturated carbocycles. The van der Waals surface area contributed by atoms with E-state index in [2.05, 4.69) is 0 Å². The minimum atomic E-state index is -0.378. The van der Waals surface area contributed by atoms with E-state index in [-0.39, 0.29) is 17.6 Å². The van der Waals surface area contributed by atoms with Gasteiger partial charge in [0.05, 0.1) is 0 Å². The molecule has 0 atom stereocenters. The normalized spacial score (nSPS) is 18.4. The maximum absolute atomic E-state index is 13.4. The lowest BCUT2D eigenvalue weighted by atomic mass is 9.83. The standard InChI is InChI=1S/C12H14F2/c13-10-7-4-8-11(14)12(10)9-5-2-1-3-6-9/h4,7-9H,1-3,5-6H2. The van der Waals surface area contributed by atoms with E-state index < -0.39 is 0 Å². The van der Waals surface area contributed by atoms with E-state index in [0.717, 1.165) is 25.7 Å². The molecule has 0 radical (unpaired) electrons. The molecule has 0 unspecified atom stereocenters. The molecule has 1 fully saturated rings. The van der Waals surface area contributed by atoms with Crippen LogP contribution < -0.4 is 0 Å². The van der Waals surface area contributed by atoms with Gasteiger partial charge in [-0.1, -0.05) is 25.3 Å². The summed E-state index contributed by atoms with van der Waals surface area (Å²) in [7, 11) is 0. The first kappa shape index (κ1) is 9.63. The van der Waals surface area contributed by atoms with Crippen molar-refractivity contribution in [3.63, 3.8) is 0 Å². The van der Waals surface area contributed by atoms with E-state index >= 15 is 0 Å². The summed E-state index contributed by atoms with van der Waals surface area (Å²) in [4.78, 5) is 0. The van der Waals surface area contributed by atoms with Crippen molar-refractivity contribution in [3.8, 4) is 0 Å². The van der Waals surface area contributed by atoms with Gasteiger partial charge in [0.2, 0.25) is 0 Å². The Morgan fingerprint density at radius 1 is 0.929 bits per heavy atom. The summed E-state index contributed by atoms with van der Waals surface area (Å²) in [5.74, 6) is -0.654. The largest absolute Gasteiger partial charge is 0.207 e. The second kappa shape index (κ2) is 4.07. The lowest BCUT2D eigenvalue weighted by Gasteiger charge is -2.22. The highest BCUT2D eigenvalue weighted by Gasteiger charge is 2.21. The van der Waals surface area contributed by atoms with E-state index in [4.69, 9.17) is 0 Å². The SMILES string of the molecule is Fc1cccc(F)c1C1CCCCC1. The Labute approximate surface area is 82.9 Å². The van der Waals surface area contributed by atoms with Gasteiger partial charge in [0.15, 0.2) is 0 Å². The molecule has 0 spiro atoms. The van der Waals surface area contributed by atoms with Crippen molar-refractivity contribution in [2.45, 2.75) is 38.0 Å². The number of hydrogen-bond donors (Lipinski definition) is 0. The molecule has 0 aromatic heterocycles. The van der Waals surface area contributed by atoms with E-state index in [1.165, 1.54) is 24.6 Å². The molecule has 0 amide bonds. The van der Waals surface area contributed by atoms with Crippen LogP contribution in [-0.2, 0) is 0 Å². The predicted molar refractivity (Wildman–Crippen MR) is 52.2 cm³/mol. The fourth-order valence-electron chi connectivity index (χ4n) is 2.29. The predicted octanol–water partition coefficient (Wildman–Crippen LogP) is 4.01. The first-order chi connectivity index (χ1) is 6.79. The average Bonchev–Trinajstić information content (AvgIpc) is 2.19. The van der Waals surface area contributed by atoms with Crippen molar-refractivity contribution in [2.24, 2.45) is 0 Å². The van der Waals surface area contributed by atoms with Crippen LogP contribution in [0.25, 0.3) is 0 Å². The highest BCUT2D eigenvalue weighted by molar-refractivity contribution is 5.24. The molecular weight excluding hydrogens is 182 g/mol. The minimum Gasteiger partial charge on any atom is -0.207 e. The molecule has 0 heterocycles. The highest BCUT2D eigenvalue weighted by atomic mass is 19.1. The summed E-state index contributed by atoms with van der Waals surface area (Å²) < 4.78 is 26.8. The number of benzene rings is 1. The zero-order valence-corrected chi connectivity index (χ0v) is 8.10. The second-order valence-corrected chi connectivity index (χ2v) is 3.97. The first-order valence-electron chi connectivity index (χ1n) is 5.23. The monoisotopic (exact) mass is 196 g/mol. The van der Waals surface area contributed by atoms with Gasteiger partial charge in [0, 0.05) is 5.56 Å². The molecule has 0 aliphatic heterocycles. The molecule has 76 valence electrons. The fourth-order valence-corrected chi connectivity index (χ4v) is 2.29. The molecule has 1 aromatic rings. The van der Waals surface area contributed by atoms with Crippen molar-refractivity contribution in [1.82, 2.24) is 0 Å². The van der Waals surface area contributed by atoms with Gasteiger partial charge >= 0.3 is 0 Å². The molecule has 0 N–H and O–H groups in total. The summed E-state index contributed by atoms with van der Waals surface area (Å²) in [6.07, 6.45) is 5.25. The minimum absolute atomic E-state index is 0.102. The summed E-state index contributed by atoms with van der Waals surface area (Å²) in [6, 6.07) is 4.14. The Hall–Kier alpha value is -0.920. The lowest BCUT2D eigenvalue weighted by molar-refractivity contribution is 0.413. The summed E-state index contributed by atoms with van der Waals surface area (Å²) in [6.45, 7) is 0. The zero-order valence-electron chi connectivity index (χ0n) is 8.10. The average molecular weight is 196 g/mol. The first-order valence-corrected chi connectivity index (χ1v) is 5.23. The van der Waals surface area contributed by atoms with Gasteiger partial charge in [0.25, 0.3) is 0 Å². The fraction of sp³-hybridized carbons (Fsp3) is 0.500. The maximum atomic E-state index is 13.4. The highest BCUT2D eigenvalue weighted by Crippen LogP contribution is 2.35. The molecule has 2 rings (SSSR count). The van der Waals surface area contributed by atoms with Crippen LogP contribution in [-0.4, -0.2) is 0 Å². The Morgan fingerprint density at radius 3 is 2.07 bits per heavy atom. The Kier molecular flexibility index (Phi) is 2.80. The van der Waals surface area contributed by atoms with Crippen LogP contribution in [0.5, 0.6) is 0 Å². The van der Waals surface area contributed by atoms with Crippen LogP contribution >= 0.6 is 0 Å². The molecule has 14 heavy (non-hydrogen) atoms. The maximum Gasteiger partial charge on any atom is 0.129 e. The Balaban J connectivity index is 2.29. The molecule has 0 nitrogen and oxygen atoms in total. The molecule has 2 heteroatoms. The third-order valence-corrected chi connectivity index (χ3v) is 3.01. The summed E-state index contributed by atoms with van der Waals surface area (Å²) in [5.41, 5.74) is 0.312. The van der Waals surface area contributed by atoms with Gasteiger partial charge in [0.1, 0.15) is 11.6 Å². The van der Waals surface area contributed by atoms with Crippen LogP contribution in [0.3, 0.4) is 0 Å². The van der Waals surface area contributed by atoms with Gasteiger partial charge in [-0.3, -0.25) is 0 Å². The van der Waals surface area contributed by atoms with Gasteiger partial charge < -0.3 is 0 Å². The molecule has 0 saturated heterocycles. The van der Waals surface area contributed by atoms with Crippen LogP contribution in [0.2, 0.25) is 0 Å². The van der Waals surface area contributed by atoms with Crippen LogP contribution in [0.4, 0.5) is 8.78 Å². The molecule has 1 aliphatic carbocycles. The number of rotatable bonds is 1. The topological polar surface area (TPSA) is 0 Å². The van der Waals surface area contributed by atoms with Crippen molar-refractivity contribution < 1.29 is 8.78 Å². The Bertz CT molecular complexity index is 294. The molecule has 1 aromatic carbocycles. The van der Waals surface area contributed by atoms with Crippen LogP contribution in [0.1, 0.15) is 43.6 Å². The van der Waals surface area contributed by atoms with E-state index in [1.54, 1.807) is 0 Å². The van der Waals surface area contributed by atoms with E-state index in [9.17, 15) is 8.78 Å². The van der Waals surface area contributed by atoms with Crippen molar-refractivity contribution in [3.05, 3.63) is 35.4 Å². The van der Waals surface area contributed by atoms with Gasteiger partial charge in [-0.15, -0.1) is 0 Å². The van der Waals surface area contributed by atoms with Crippen LogP contribution in [0.15, 0.2) is 18.2 Å². The molecular formula is C12H14F2. The zero-order chi connectivity index (χ0) is 9.97. The lowest BCUT2D eigenvalue weighted by Crippen LogP contribution is -2.08. The smallest absolute Gasteiger partial charge is 0.129 e. The Morgan fingerprint density at radius 2 is 1.50 bits per heavy atom. The van der Waals surface area contributed by atoms with Crippen molar-refractivity contribution in [2.75, 3.05) is 0 Å². The van der Waals surface area contributed by atoms with Gasteiger partial charge in [-0.05, 0) is 30.9 Å². The second-order valence-electron chi connectivity index (χ2n) is 3.97. The number of hydrogen-bond acceptors (Lipinski definition) is 0. The third-order valence-electron chi connectivity index (χ3n) is 3.01.